The van der Waals surface area contributed by atoms with Crippen LogP contribution in [0.5, 0.6) is 0 Å². The van der Waals surface area contributed by atoms with E-state index in [0.29, 0.717) is 0 Å². The Hall–Kier alpha value is -0.0900. The molecular weight excluding hydrogens is 211 g/mol. The Balaban J connectivity index is 2.29. The summed E-state index contributed by atoms with van der Waals surface area (Å²) in [6, 6.07) is 0. The topological polar surface area (TPSA) is 0 Å². The van der Waals surface area contributed by atoms with E-state index in [-0.39, 0.29) is 7.92 Å². The predicted octanol–water partition coefficient (Wildman–Crippen LogP) is 5.69. The highest BCUT2D eigenvalue weighted by Crippen LogP contribution is 2.49. The third-order valence-corrected chi connectivity index (χ3v) is 6.08. The van der Waals surface area contributed by atoms with Crippen molar-refractivity contribution in [2.24, 2.45) is 0 Å². The predicted molar refractivity (Wildman–Crippen MR) is 77.5 cm³/mol. The van der Waals surface area contributed by atoms with Crippen molar-refractivity contribution >= 4 is 7.92 Å². The van der Waals surface area contributed by atoms with E-state index < -0.39 is 0 Å². The smallest absolute Gasteiger partial charge is 0.00899 e. The summed E-state index contributed by atoms with van der Waals surface area (Å²) in [7, 11) is 0.214. The maximum atomic E-state index is 2.39. The first-order valence-electron chi connectivity index (χ1n) is 6.99. The molecule has 0 saturated heterocycles. The first-order valence-corrected chi connectivity index (χ1v) is 8.70. The van der Waals surface area contributed by atoms with Gasteiger partial charge < -0.3 is 0 Å². The molecule has 0 aromatic carbocycles. The van der Waals surface area contributed by atoms with Gasteiger partial charge in [-0.1, -0.05) is 65.7 Å². The molecule has 0 spiro atoms. The summed E-state index contributed by atoms with van der Waals surface area (Å²) in [5.74, 6) is 0. The van der Waals surface area contributed by atoms with Crippen molar-refractivity contribution in [1.82, 2.24) is 0 Å². The molecule has 16 heavy (non-hydrogen) atoms. The Morgan fingerprint density at radius 2 is 1.62 bits per heavy atom. The van der Waals surface area contributed by atoms with Gasteiger partial charge in [-0.3, -0.25) is 0 Å². The lowest BCUT2D eigenvalue weighted by molar-refractivity contribution is 0.762. The van der Waals surface area contributed by atoms with Crippen LogP contribution in [0.25, 0.3) is 0 Å². The number of rotatable bonds is 9. The third kappa shape index (κ3) is 5.30. The third-order valence-electron chi connectivity index (χ3n) is 3.22. The lowest BCUT2D eigenvalue weighted by Gasteiger charge is -2.19. The fraction of sp³-hybridized carbons (Fsp3) is 0.733. The zero-order chi connectivity index (χ0) is 11.6. The van der Waals surface area contributed by atoms with E-state index in [2.05, 4.69) is 32.1 Å². The lowest BCUT2D eigenvalue weighted by Crippen LogP contribution is -1.93. The van der Waals surface area contributed by atoms with E-state index in [1.165, 1.54) is 57.3 Å². The second kappa shape index (κ2) is 8.99. The molecule has 1 aliphatic carbocycles. The average Bonchev–Trinajstić information content (AvgIpc) is 2.81. The van der Waals surface area contributed by atoms with E-state index in [1.54, 1.807) is 5.31 Å². The van der Waals surface area contributed by atoms with Crippen LogP contribution in [0.1, 0.15) is 58.8 Å². The normalized spacial score (nSPS) is 14.8. The van der Waals surface area contributed by atoms with Crippen LogP contribution in [0.2, 0.25) is 0 Å². The van der Waals surface area contributed by atoms with E-state index in [0.717, 1.165) is 0 Å². The van der Waals surface area contributed by atoms with E-state index in [4.69, 9.17) is 0 Å². The monoisotopic (exact) mass is 238 g/mol. The van der Waals surface area contributed by atoms with E-state index in [9.17, 15) is 0 Å². The highest BCUT2D eigenvalue weighted by Gasteiger charge is 2.13. The first-order chi connectivity index (χ1) is 7.88. The highest BCUT2D eigenvalue weighted by molar-refractivity contribution is 7.62. The molecule has 0 aliphatic heterocycles. The van der Waals surface area contributed by atoms with Gasteiger partial charge in [-0.05, 0) is 36.9 Å². The van der Waals surface area contributed by atoms with Crippen LogP contribution in [0.15, 0.2) is 23.5 Å². The molecule has 0 bridgehead atoms. The van der Waals surface area contributed by atoms with Crippen molar-refractivity contribution in [2.75, 3.05) is 12.3 Å². The molecule has 1 heteroatoms. The maximum absolute atomic E-state index is 2.39. The lowest BCUT2D eigenvalue weighted by atomic mass is 10.3. The van der Waals surface area contributed by atoms with Gasteiger partial charge >= 0.3 is 0 Å². The van der Waals surface area contributed by atoms with Crippen molar-refractivity contribution in [2.45, 2.75) is 58.8 Å². The number of allylic oxidation sites excluding steroid dienone is 4. The summed E-state index contributed by atoms with van der Waals surface area (Å²) in [5.41, 5.74) is 0. The second-order valence-electron chi connectivity index (χ2n) is 4.69. The molecule has 0 N–H and O–H groups in total. The molecule has 1 aliphatic rings. The van der Waals surface area contributed by atoms with E-state index in [1.807, 2.05) is 0 Å². The second-order valence-corrected chi connectivity index (χ2v) is 7.24. The van der Waals surface area contributed by atoms with Crippen LogP contribution in [0, 0.1) is 0 Å². The molecule has 0 aromatic rings. The largest absolute Gasteiger partial charge is 0.0801 e. The van der Waals surface area contributed by atoms with Gasteiger partial charge in [0.05, 0.1) is 0 Å². The van der Waals surface area contributed by atoms with Crippen LogP contribution in [-0.4, -0.2) is 12.3 Å². The number of hydrogen-bond donors (Lipinski definition) is 0. The van der Waals surface area contributed by atoms with Crippen LogP contribution in [-0.2, 0) is 0 Å². The van der Waals surface area contributed by atoms with Crippen molar-refractivity contribution in [3.8, 4) is 0 Å². The van der Waals surface area contributed by atoms with Gasteiger partial charge in [0.15, 0.2) is 0 Å². The van der Waals surface area contributed by atoms with Crippen molar-refractivity contribution < 1.29 is 0 Å². The van der Waals surface area contributed by atoms with Gasteiger partial charge in [-0.2, -0.15) is 0 Å². The molecular formula is C15H27P. The fourth-order valence-electron chi connectivity index (χ4n) is 2.17. The summed E-state index contributed by atoms with van der Waals surface area (Å²) in [5, 5.41) is 1.77. The molecule has 0 radical (unpaired) electrons. The first kappa shape index (κ1) is 14.0. The molecule has 92 valence electrons. The van der Waals surface area contributed by atoms with Gasteiger partial charge in [0.2, 0.25) is 0 Å². The molecule has 1 rings (SSSR count). The molecule has 0 nitrogen and oxygen atoms in total. The zero-order valence-electron chi connectivity index (χ0n) is 11.0. The van der Waals surface area contributed by atoms with Crippen molar-refractivity contribution in [1.29, 1.82) is 0 Å². The quantitative estimate of drug-likeness (QED) is 0.357. The summed E-state index contributed by atoms with van der Waals surface area (Å²) in [4.78, 5) is 0. The van der Waals surface area contributed by atoms with Gasteiger partial charge in [0, 0.05) is 0 Å². The zero-order valence-corrected chi connectivity index (χ0v) is 11.9. The van der Waals surface area contributed by atoms with Crippen LogP contribution in [0.3, 0.4) is 0 Å². The average molecular weight is 238 g/mol. The Kier molecular flexibility index (Phi) is 7.85. The van der Waals surface area contributed by atoms with Crippen molar-refractivity contribution in [3.63, 3.8) is 0 Å². The summed E-state index contributed by atoms with van der Waals surface area (Å²) in [6.07, 6.45) is 19.7. The summed E-state index contributed by atoms with van der Waals surface area (Å²) >= 11 is 0. The molecule has 0 fully saturated rings. The Labute approximate surface area is 103 Å². The van der Waals surface area contributed by atoms with Gasteiger partial charge in [-0.25, -0.2) is 0 Å². The Morgan fingerprint density at radius 3 is 2.06 bits per heavy atom. The van der Waals surface area contributed by atoms with Crippen molar-refractivity contribution in [3.05, 3.63) is 23.5 Å². The Bertz CT molecular complexity index is 218. The number of hydrogen-bond acceptors (Lipinski definition) is 0. The van der Waals surface area contributed by atoms with E-state index >= 15 is 0 Å². The molecule has 0 saturated carbocycles. The SMILES string of the molecule is CCCCCP(CCCCC)C1=CC=CC1. The minimum atomic E-state index is 0.214. The molecule has 0 heterocycles. The molecule has 0 aromatic heterocycles. The molecule has 0 unspecified atom stereocenters. The minimum Gasteiger partial charge on any atom is -0.0801 e. The Morgan fingerprint density at radius 1 is 1.00 bits per heavy atom. The maximum Gasteiger partial charge on any atom is -0.00899 e. The summed E-state index contributed by atoms with van der Waals surface area (Å²) in [6.45, 7) is 4.60. The number of unbranched alkanes of at least 4 members (excludes halogenated alkanes) is 4. The van der Waals surface area contributed by atoms with Crippen LogP contribution < -0.4 is 0 Å². The summed E-state index contributed by atoms with van der Waals surface area (Å²) < 4.78 is 0. The van der Waals surface area contributed by atoms with Gasteiger partial charge in [0.1, 0.15) is 0 Å². The van der Waals surface area contributed by atoms with Gasteiger partial charge in [0.25, 0.3) is 0 Å². The van der Waals surface area contributed by atoms with Crippen LogP contribution >= 0.6 is 7.92 Å². The molecule has 0 amide bonds. The standard InChI is InChI=1S/C15H27P/c1-3-5-9-13-16(14-10-6-4-2)15-11-7-8-12-15/h7-8,11H,3-6,9-10,12-14H2,1-2H3. The van der Waals surface area contributed by atoms with Gasteiger partial charge in [-0.15, -0.1) is 0 Å². The molecule has 0 atom stereocenters. The fourth-order valence-corrected chi connectivity index (χ4v) is 4.84. The van der Waals surface area contributed by atoms with Crippen LogP contribution in [0.4, 0.5) is 0 Å². The minimum absolute atomic E-state index is 0.214. The highest BCUT2D eigenvalue weighted by atomic mass is 31.1.